The molecule has 0 N–H and O–H groups in total. The minimum absolute atomic E-state index is 0.221. The lowest BCUT2D eigenvalue weighted by Gasteiger charge is -2.28. The summed E-state index contributed by atoms with van der Waals surface area (Å²) < 4.78 is 5.58. The smallest absolute Gasteiger partial charge is 0.303 e. The summed E-state index contributed by atoms with van der Waals surface area (Å²) in [6.07, 6.45) is -0.923. The Morgan fingerprint density at radius 3 is 2.52 bits per heavy atom. The van der Waals surface area contributed by atoms with E-state index in [-0.39, 0.29) is 11.2 Å². The maximum absolute atomic E-state index is 13.6. The van der Waals surface area contributed by atoms with E-state index in [1.807, 2.05) is 62.3 Å². The normalized spacial score (nSPS) is 19.1. The highest BCUT2D eigenvalue weighted by molar-refractivity contribution is 7.99. The van der Waals surface area contributed by atoms with Crippen LogP contribution in [-0.2, 0) is 14.3 Å². The number of esters is 1. The van der Waals surface area contributed by atoms with Gasteiger partial charge in [0.1, 0.15) is 0 Å². The second kappa shape index (κ2) is 9.20. The fourth-order valence-corrected chi connectivity index (χ4v) is 4.82. The monoisotopic (exact) mass is 432 g/mol. The molecule has 2 aromatic rings. The zero-order valence-corrected chi connectivity index (χ0v) is 18.6. The van der Waals surface area contributed by atoms with Crippen LogP contribution < -0.4 is 4.90 Å². The number of carbonyl (C=O) groups is 2. The largest absolute Gasteiger partial charge is 0.451 e. The number of halogens is 1. The third kappa shape index (κ3) is 5.13. The maximum Gasteiger partial charge on any atom is 0.303 e. The van der Waals surface area contributed by atoms with E-state index in [1.165, 1.54) is 18.7 Å². The second-order valence-corrected chi connectivity index (χ2v) is 9.00. The molecule has 0 bridgehead atoms. The fourth-order valence-electron chi connectivity index (χ4n) is 3.23. The number of aryl methyl sites for hydroxylation is 1. The van der Waals surface area contributed by atoms with Gasteiger partial charge in [0.2, 0.25) is 0 Å². The van der Waals surface area contributed by atoms with Gasteiger partial charge in [-0.2, -0.15) is 0 Å². The van der Waals surface area contributed by atoms with Crippen LogP contribution in [0.3, 0.4) is 0 Å². The highest BCUT2D eigenvalue weighted by atomic mass is 35.5. The number of ether oxygens (including phenoxy) is 1. The van der Waals surface area contributed by atoms with Crippen LogP contribution in [0.2, 0.25) is 5.02 Å². The number of rotatable bonds is 5. The molecule has 5 nitrogen and oxygen atoms in total. The Kier molecular flexibility index (Phi) is 6.88. The topological polar surface area (TPSA) is 49.9 Å². The van der Waals surface area contributed by atoms with Crippen LogP contribution in [0.15, 0.2) is 47.4 Å². The second-order valence-electron chi connectivity index (χ2n) is 7.38. The first kappa shape index (κ1) is 21.7. The zero-order valence-electron chi connectivity index (χ0n) is 17.0. The van der Waals surface area contributed by atoms with E-state index < -0.39 is 12.1 Å². The maximum atomic E-state index is 13.6. The summed E-state index contributed by atoms with van der Waals surface area (Å²) in [5, 5.41) is 0.235. The van der Waals surface area contributed by atoms with Crippen molar-refractivity contribution in [1.29, 1.82) is 0 Å². The molecule has 154 valence electrons. The molecule has 0 saturated heterocycles. The molecule has 0 unspecified atom stereocenters. The summed E-state index contributed by atoms with van der Waals surface area (Å²) in [6, 6.07) is 13.5. The number of nitrogens with zero attached hydrogens (tertiary/aromatic N) is 2. The van der Waals surface area contributed by atoms with Gasteiger partial charge in [-0.05, 0) is 44.8 Å². The minimum atomic E-state index is -0.923. The number of carbonyl (C=O) groups excluding carboxylic acids is 2. The first-order valence-electron chi connectivity index (χ1n) is 9.42. The lowest BCUT2D eigenvalue weighted by molar-refractivity contribution is -0.152. The van der Waals surface area contributed by atoms with Crippen LogP contribution in [0.4, 0.5) is 5.69 Å². The van der Waals surface area contributed by atoms with E-state index in [1.54, 1.807) is 11.0 Å². The highest BCUT2D eigenvalue weighted by Gasteiger charge is 2.40. The first-order valence-corrected chi connectivity index (χ1v) is 10.7. The molecule has 1 heterocycles. The summed E-state index contributed by atoms with van der Waals surface area (Å²) in [4.78, 5) is 30.1. The van der Waals surface area contributed by atoms with E-state index >= 15 is 0 Å². The van der Waals surface area contributed by atoms with Crippen LogP contribution in [0, 0.1) is 6.92 Å². The number of hydrogen-bond acceptors (Lipinski definition) is 5. The van der Waals surface area contributed by atoms with Gasteiger partial charge in [0.15, 0.2) is 6.10 Å². The van der Waals surface area contributed by atoms with Gasteiger partial charge < -0.3 is 14.5 Å². The molecule has 0 radical (unpaired) electrons. The SMILES string of the molecule is CC(=O)O[C@H]1C(=O)N(CCN(C)C)c2ccc(Cl)cc2S[C@H]1c1ccc(C)cc1. The van der Waals surface area contributed by atoms with E-state index in [2.05, 4.69) is 0 Å². The lowest BCUT2D eigenvalue weighted by atomic mass is 10.0. The Labute approximate surface area is 181 Å². The van der Waals surface area contributed by atoms with Gasteiger partial charge in [-0.3, -0.25) is 9.59 Å². The number of fused-ring (bicyclic) bond motifs is 1. The molecular weight excluding hydrogens is 408 g/mol. The zero-order chi connectivity index (χ0) is 21.1. The van der Waals surface area contributed by atoms with Gasteiger partial charge in [-0.25, -0.2) is 0 Å². The third-order valence-electron chi connectivity index (χ3n) is 4.72. The lowest BCUT2D eigenvalue weighted by Crippen LogP contribution is -2.45. The Morgan fingerprint density at radius 1 is 1.21 bits per heavy atom. The van der Waals surface area contributed by atoms with E-state index in [0.29, 0.717) is 18.1 Å². The van der Waals surface area contributed by atoms with Crippen molar-refractivity contribution in [3.05, 3.63) is 58.6 Å². The van der Waals surface area contributed by atoms with E-state index in [4.69, 9.17) is 16.3 Å². The Hall–Kier alpha value is -2.02. The number of thioether (sulfide) groups is 1. The Balaban J connectivity index is 2.10. The third-order valence-corrected chi connectivity index (χ3v) is 6.31. The van der Waals surface area contributed by atoms with Crippen LogP contribution in [0.5, 0.6) is 0 Å². The van der Waals surface area contributed by atoms with Crippen molar-refractivity contribution in [2.75, 3.05) is 32.1 Å². The number of hydrogen-bond donors (Lipinski definition) is 0. The van der Waals surface area contributed by atoms with Gasteiger partial charge in [0.25, 0.3) is 5.91 Å². The predicted octanol–water partition coefficient (Wildman–Crippen LogP) is 4.32. The van der Waals surface area contributed by atoms with Crippen molar-refractivity contribution in [2.45, 2.75) is 30.1 Å². The summed E-state index contributed by atoms with van der Waals surface area (Å²) in [5.41, 5.74) is 2.84. The van der Waals surface area contributed by atoms with Gasteiger partial charge in [0.05, 0.1) is 10.9 Å². The molecule has 7 heteroatoms. The quantitative estimate of drug-likeness (QED) is 0.658. The van der Waals surface area contributed by atoms with Crippen molar-refractivity contribution in [1.82, 2.24) is 4.90 Å². The van der Waals surface area contributed by atoms with Gasteiger partial charge in [-0.15, -0.1) is 11.8 Å². The van der Waals surface area contributed by atoms with Crippen molar-refractivity contribution in [3.8, 4) is 0 Å². The molecule has 1 aliphatic rings. The van der Waals surface area contributed by atoms with Crippen molar-refractivity contribution >= 4 is 40.9 Å². The van der Waals surface area contributed by atoms with Crippen molar-refractivity contribution in [2.24, 2.45) is 0 Å². The molecule has 0 fully saturated rings. The molecule has 29 heavy (non-hydrogen) atoms. The van der Waals surface area contributed by atoms with Gasteiger partial charge in [0, 0.05) is 29.9 Å². The van der Waals surface area contributed by atoms with E-state index in [9.17, 15) is 9.59 Å². The molecule has 1 aliphatic heterocycles. The molecule has 0 spiro atoms. The molecule has 0 saturated carbocycles. The number of likely N-dealkylation sites (N-methyl/N-ethyl adjacent to an activating group) is 1. The molecule has 3 rings (SSSR count). The van der Waals surface area contributed by atoms with Crippen LogP contribution in [0.1, 0.15) is 23.3 Å². The fraction of sp³-hybridized carbons (Fsp3) is 0.364. The van der Waals surface area contributed by atoms with Gasteiger partial charge >= 0.3 is 5.97 Å². The average molecular weight is 433 g/mol. The molecule has 2 atom stereocenters. The summed E-state index contributed by atoms with van der Waals surface area (Å²) in [6.45, 7) is 4.51. The minimum Gasteiger partial charge on any atom is -0.451 e. The number of amides is 1. The van der Waals surface area contributed by atoms with Gasteiger partial charge in [-0.1, -0.05) is 41.4 Å². The molecule has 0 aromatic heterocycles. The average Bonchev–Trinajstić information content (AvgIpc) is 2.76. The van der Waals surface area contributed by atoms with Crippen molar-refractivity contribution < 1.29 is 14.3 Å². The summed E-state index contributed by atoms with van der Waals surface area (Å²) in [5.74, 6) is -0.696. The predicted molar refractivity (Wildman–Crippen MR) is 118 cm³/mol. The highest BCUT2D eigenvalue weighted by Crippen LogP contribution is 2.47. The van der Waals surface area contributed by atoms with Crippen LogP contribution >= 0.6 is 23.4 Å². The number of anilines is 1. The standard InChI is InChI=1S/C22H25ClN2O3S/c1-14-5-7-16(8-6-14)21-20(28-15(2)26)22(27)25(12-11-24(3)4)18-10-9-17(23)13-19(18)29-21/h5-10,13,20-21H,11-12H2,1-4H3/t20-,21+/m1/s1. The summed E-state index contributed by atoms with van der Waals surface area (Å²) >= 11 is 7.77. The molecule has 2 aromatic carbocycles. The van der Waals surface area contributed by atoms with E-state index in [0.717, 1.165) is 21.7 Å². The van der Waals surface area contributed by atoms with Crippen molar-refractivity contribution in [3.63, 3.8) is 0 Å². The Bertz CT molecular complexity index is 901. The summed E-state index contributed by atoms with van der Waals surface area (Å²) in [7, 11) is 3.91. The Morgan fingerprint density at radius 2 is 1.90 bits per heavy atom. The number of benzene rings is 2. The van der Waals surface area contributed by atoms with Crippen LogP contribution in [-0.4, -0.2) is 50.1 Å². The molecule has 0 aliphatic carbocycles. The first-order chi connectivity index (χ1) is 13.8. The molecular formula is C22H25ClN2O3S. The van der Waals surface area contributed by atoms with Crippen LogP contribution in [0.25, 0.3) is 0 Å². The molecule has 1 amide bonds.